The van der Waals surface area contributed by atoms with Crippen LogP contribution < -0.4 is 5.48 Å². The molecule has 0 fully saturated rings. The molecule has 5 nitrogen and oxygen atoms in total. The summed E-state index contributed by atoms with van der Waals surface area (Å²) in [5, 5.41) is 0. The number of esters is 1. The number of halogens is 1. The molecular formula is C15H18FNO4. The maximum absolute atomic E-state index is 12.9. The van der Waals surface area contributed by atoms with Crippen molar-refractivity contribution in [2.24, 2.45) is 0 Å². The van der Waals surface area contributed by atoms with Gasteiger partial charge in [0, 0.05) is 12.0 Å². The highest BCUT2D eigenvalue weighted by Gasteiger charge is 2.20. The number of hydrogen-bond acceptors (Lipinski definition) is 5. The first-order valence-electron chi connectivity index (χ1n) is 6.44. The summed E-state index contributed by atoms with van der Waals surface area (Å²) in [4.78, 5) is 28.4. The van der Waals surface area contributed by atoms with Gasteiger partial charge in [-0.1, -0.05) is 12.1 Å². The van der Waals surface area contributed by atoms with Gasteiger partial charge in [-0.25, -0.2) is 9.18 Å². The van der Waals surface area contributed by atoms with Crippen LogP contribution in [-0.2, 0) is 25.6 Å². The number of ether oxygens (including phenoxy) is 1. The minimum Gasteiger partial charge on any atom is -0.461 e. The molecule has 1 N–H and O–H groups in total. The fourth-order valence-electron chi connectivity index (χ4n) is 1.73. The zero-order valence-corrected chi connectivity index (χ0v) is 12.2. The third kappa shape index (κ3) is 5.00. The minimum absolute atomic E-state index is 0.0452. The molecule has 0 saturated heterocycles. The molecule has 0 saturated carbocycles. The van der Waals surface area contributed by atoms with E-state index in [-0.39, 0.29) is 35.9 Å². The fraction of sp³-hybridized carbons (Fsp3) is 0.333. The predicted molar refractivity (Wildman–Crippen MR) is 74.6 cm³/mol. The molecule has 0 heterocycles. The van der Waals surface area contributed by atoms with E-state index >= 15 is 0 Å². The Labute approximate surface area is 122 Å². The first-order valence-corrected chi connectivity index (χ1v) is 6.44. The van der Waals surface area contributed by atoms with Crippen LogP contribution >= 0.6 is 0 Å². The van der Waals surface area contributed by atoms with Crippen LogP contribution in [0.3, 0.4) is 0 Å². The molecule has 0 unspecified atom stereocenters. The van der Waals surface area contributed by atoms with Crippen molar-refractivity contribution >= 4 is 11.8 Å². The van der Waals surface area contributed by atoms with Gasteiger partial charge in [-0.15, -0.1) is 0 Å². The number of nitrogens with one attached hydrogen (secondary N) is 1. The highest BCUT2D eigenvalue weighted by atomic mass is 19.1. The molecule has 1 aromatic carbocycles. The average Bonchev–Trinajstić information content (AvgIpc) is 2.44. The lowest BCUT2D eigenvalue weighted by molar-refractivity contribution is -0.140. The number of allylic oxidation sites excluding steroid dienone is 1. The quantitative estimate of drug-likeness (QED) is 0.473. The predicted octanol–water partition coefficient (Wildman–Crippen LogP) is 1.93. The highest BCUT2D eigenvalue weighted by Crippen LogP contribution is 2.14. The molecule has 0 aliphatic rings. The number of ketones is 1. The van der Waals surface area contributed by atoms with Gasteiger partial charge in [0.05, 0.1) is 13.7 Å². The van der Waals surface area contributed by atoms with Gasteiger partial charge in [-0.3, -0.25) is 15.1 Å². The van der Waals surface area contributed by atoms with Gasteiger partial charge in [0.1, 0.15) is 5.82 Å². The summed E-state index contributed by atoms with van der Waals surface area (Å²) in [6.07, 6.45) is 0.167. The van der Waals surface area contributed by atoms with E-state index in [1.54, 1.807) is 19.1 Å². The van der Waals surface area contributed by atoms with Gasteiger partial charge in [0.2, 0.25) is 0 Å². The first-order chi connectivity index (χ1) is 9.99. The third-order valence-corrected chi connectivity index (χ3v) is 2.70. The maximum atomic E-state index is 12.9. The van der Waals surface area contributed by atoms with Gasteiger partial charge in [-0.05, 0) is 31.5 Å². The van der Waals surface area contributed by atoms with Crippen LogP contribution in [0.25, 0.3) is 0 Å². The average molecular weight is 295 g/mol. The number of hydroxylamine groups is 1. The number of Topliss-reactive ketones (excluding diaryl/α,β-unsaturated/α-hetero) is 1. The Morgan fingerprint density at radius 2 is 1.86 bits per heavy atom. The first kappa shape index (κ1) is 16.8. The van der Waals surface area contributed by atoms with Crippen LogP contribution in [0.4, 0.5) is 4.39 Å². The Morgan fingerprint density at radius 1 is 1.24 bits per heavy atom. The second kappa shape index (κ2) is 8.16. The van der Waals surface area contributed by atoms with Gasteiger partial charge in [0.25, 0.3) is 0 Å². The summed E-state index contributed by atoms with van der Waals surface area (Å²) < 4.78 is 17.8. The zero-order chi connectivity index (χ0) is 15.8. The van der Waals surface area contributed by atoms with E-state index in [2.05, 4.69) is 5.48 Å². The summed E-state index contributed by atoms with van der Waals surface area (Å²) in [5.74, 6) is -1.34. The lowest BCUT2D eigenvalue weighted by Crippen LogP contribution is -2.26. The number of hydrogen-bond donors (Lipinski definition) is 1. The molecule has 0 aliphatic carbocycles. The molecule has 21 heavy (non-hydrogen) atoms. The van der Waals surface area contributed by atoms with Crippen molar-refractivity contribution in [1.82, 2.24) is 5.48 Å². The molecule has 0 aliphatic heterocycles. The van der Waals surface area contributed by atoms with Gasteiger partial charge >= 0.3 is 5.97 Å². The largest absolute Gasteiger partial charge is 0.461 e. The van der Waals surface area contributed by atoms with E-state index in [9.17, 15) is 14.0 Å². The zero-order valence-electron chi connectivity index (χ0n) is 12.2. The SMILES string of the molecule is CCOC(=O)C(NOC)=C(Cc1ccc(F)cc1)C(C)=O. The topological polar surface area (TPSA) is 64.6 Å². The van der Waals surface area contributed by atoms with Crippen LogP contribution in [0.2, 0.25) is 0 Å². The normalized spacial score (nSPS) is 11.6. The Balaban J connectivity index is 3.15. The van der Waals surface area contributed by atoms with Crippen LogP contribution in [-0.4, -0.2) is 25.5 Å². The molecule has 1 rings (SSSR count). The lowest BCUT2D eigenvalue weighted by atomic mass is 10.00. The van der Waals surface area contributed by atoms with Crippen molar-refractivity contribution in [2.45, 2.75) is 20.3 Å². The maximum Gasteiger partial charge on any atom is 0.357 e. The van der Waals surface area contributed by atoms with Crippen molar-refractivity contribution in [3.05, 3.63) is 46.9 Å². The van der Waals surface area contributed by atoms with Crippen molar-refractivity contribution < 1.29 is 23.6 Å². The van der Waals surface area contributed by atoms with Gasteiger partial charge in [-0.2, -0.15) is 0 Å². The molecule has 0 aromatic heterocycles. The summed E-state index contributed by atoms with van der Waals surface area (Å²) in [6.45, 7) is 3.18. The van der Waals surface area contributed by atoms with E-state index < -0.39 is 5.97 Å². The number of rotatable bonds is 7. The molecule has 0 spiro atoms. The van der Waals surface area contributed by atoms with E-state index in [0.717, 1.165) is 0 Å². The third-order valence-electron chi connectivity index (χ3n) is 2.70. The summed E-state index contributed by atoms with van der Waals surface area (Å²) in [5.41, 5.74) is 3.25. The van der Waals surface area contributed by atoms with Gasteiger partial charge < -0.3 is 4.74 Å². The van der Waals surface area contributed by atoms with Crippen molar-refractivity contribution in [3.8, 4) is 0 Å². The van der Waals surface area contributed by atoms with Crippen LogP contribution in [0.5, 0.6) is 0 Å². The molecule has 1 aromatic rings. The van der Waals surface area contributed by atoms with E-state index in [1.807, 2.05) is 0 Å². The summed E-state index contributed by atoms with van der Waals surface area (Å²) >= 11 is 0. The van der Waals surface area contributed by atoms with E-state index in [4.69, 9.17) is 9.57 Å². The second-order valence-electron chi connectivity index (χ2n) is 4.24. The Kier molecular flexibility index (Phi) is 6.55. The highest BCUT2D eigenvalue weighted by molar-refractivity contribution is 6.02. The molecule has 114 valence electrons. The standard InChI is InChI=1S/C15H18FNO4/c1-4-21-15(19)14(17-20-3)13(10(2)18)9-11-5-7-12(16)8-6-11/h5-8,17H,4,9H2,1-3H3. The summed E-state index contributed by atoms with van der Waals surface area (Å²) in [6, 6.07) is 5.68. The van der Waals surface area contributed by atoms with E-state index in [0.29, 0.717) is 5.56 Å². The molecule has 6 heteroatoms. The fourth-order valence-corrected chi connectivity index (χ4v) is 1.73. The number of benzene rings is 1. The number of carbonyl (C=O) groups excluding carboxylic acids is 2. The number of carbonyl (C=O) groups is 2. The molecule has 0 amide bonds. The smallest absolute Gasteiger partial charge is 0.357 e. The summed E-state index contributed by atoms with van der Waals surface area (Å²) in [7, 11) is 1.33. The Hall–Kier alpha value is -2.21. The van der Waals surface area contributed by atoms with Crippen LogP contribution in [0.1, 0.15) is 19.4 Å². The minimum atomic E-state index is -0.674. The van der Waals surface area contributed by atoms with Crippen molar-refractivity contribution in [3.63, 3.8) is 0 Å². The van der Waals surface area contributed by atoms with Crippen molar-refractivity contribution in [2.75, 3.05) is 13.7 Å². The lowest BCUT2D eigenvalue weighted by Gasteiger charge is -2.13. The van der Waals surface area contributed by atoms with Crippen LogP contribution in [0, 0.1) is 5.82 Å². The monoisotopic (exact) mass is 295 g/mol. The van der Waals surface area contributed by atoms with Crippen molar-refractivity contribution in [1.29, 1.82) is 0 Å². The molecular weight excluding hydrogens is 277 g/mol. The molecule has 0 radical (unpaired) electrons. The Bertz CT molecular complexity index is 537. The molecule has 0 atom stereocenters. The molecule has 0 bridgehead atoms. The van der Waals surface area contributed by atoms with E-state index in [1.165, 1.54) is 26.2 Å². The second-order valence-corrected chi connectivity index (χ2v) is 4.24. The van der Waals surface area contributed by atoms with Gasteiger partial charge in [0.15, 0.2) is 11.5 Å². The Morgan fingerprint density at radius 3 is 2.33 bits per heavy atom. The van der Waals surface area contributed by atoms with Crippen LogP contribution in [0.15, 0.2) is 35.5 Å².